The summed E-state index contributed by atoms with van der Waals surface area (Å²) in [5.74, 6) is -0.243. The molecule has 0 aliphatic carbocycles. The Morgan fingerprint density at radius 3 is 2.96 bits per heavy atom. The van der Waals surface area contributed by atoms with E-state index in [-0.39, 0.29) is 23.1 Å². The van der Waals surface area contributed by atoms with Gasteiger partial charge in [-0.05, 0) is 37.5 Å². The van der Waals surface area contributed by atoms with Gasteiger partial charge in [0.1, 0.15) is 11.2 Å². The van der Waals surface area contributed by atoms with Crippen molar-refractivity contribution in [3.63, 3.8) is 0 Å². The lowest BCUT2D eigenvalue weighted by molar-refractivity contribution is 0.0581. The second-order valence-electron chi connectivity index (χ2n) is 6.28. The molecule has 0 aromatic carbocycles. The van der Waals surface area contributed by atoms with E-state index in [0.29, 0.717) is 18.7 Å². The lowest BCUT2D eigenvalue weighted by Gasteiger charge is -2.35. The van der Waals surface area contributed by atoms with Gasteiger partial charge in [-0.25, -0.2) is 4.98 Å². The number of aromatic nitrogens is 4. The molecule has 1 saturated heterocycles. The monoisotopic (exact) mass is 337 g/mol. The highest BCUT2D eigenvalue weighted by Gasteiger charge is 2.29. The lowest BCUT2D eigenvalue weighted by atomic mass is 10.0. The summed E-state index contributed by atoms with van der Waals surface area (Å²) in [6, 6.07) is 7.22. The Hall–Kier alpha value is -2.96. The Morgan fingerprint density at radius 1 is 1.20 bits per heavy atom. The van der Waals surface area contributed by atoms with Gasteiger partial charge in [0.25, 0.3) is 11.5 Å². The lowest BCUT2D eigenvalue weighted by Crippen LogP contribution is -2.47. The Balaban J connectivity index is 1.66. The van der Waals surface area contributed by atoms with Crippen LogP contribution in [0, 0.1) is 0 Å². The van der Waals surface area contributed by atoms with Gasteiger partial charge in [-0.2, -0.15) is 5.10 Å². The first-order valence-electron chi connectivity index (χ1n) is 8.49. The van der Waals surface area contributed by atoms with Crippen molar-refractivity contribution in [2.45, 2.75) is 31.8 Å². The average Bonchev–Trinajstić information content (AvgIpc) is 3.15. The van der Waals surface area contributed by atoms with E-state index in [9.17, 15) is 9.59 Å². The third kappa shape index (κ3) is 2.93. The van der Waals surface area contributed by atoms with Crippen LogP contribution in [-0.2, 0) is 6.54 Å². The number of fused-ring (bicyclic) bond motifs is 1. The number of amides is 1. The van der Waals surface area contributed by atoms with Gasteiger partial charge in [-0.3, -0.25) is 18.7 Å². The number of hydrogen-bond donors (Lipinski definition) is 0. The van der Waals surface area contributed by atoms with Crippen molar-refractivity contribution in [3.8, 4) is 0 Å². The topological polar surface area (TPSA) is 72.5 Å². The molecule has 25 heavy (non-hydrogen) atoms. The molecule has 7 heteroatoms. The molecule has 3 aromatic heterocycles. The summed E-state index contributed by atoms with van der Waals surface area (Å²) in [6.45, 7) is 1.29. The van der Waals surface area contributed by atoms with E-state index < -0.39 is 0 Å². The first kappa shape index (κ1) is 15.6. The minimum atomic E-state index is -0.320. The SMILES string of the molecule is O=C(c1cnc2ccccn2c1=O)N1CCCC[C@@H]1Cn1cccn1. The molecule has 1 amide bonds. The average molecular weight is 337 g/mol. The van der Waals surface area contributed by atoms with Gasteiger partial charge in [0.2, 0.25) is 0 Å². The van der Waals surface area contributed by atoms with E-state index in [1.165, 1.54) is 10.6 Å². The van der Waals surface area contributed by atoms with E-state index in [2.05, 4.69) is 10.1 Å². The van der Waals surface area contributed by atoms with Crippen molar-refractivity contribution in [2.24, 2.45) is 0 Å². The molecule has 1 aliphatic heterocycles. The summed E-state index contributed by atoms with van der Waals surface area (Å²) >= 11 is 0. The van der Waals surface area contributed by atoms with Crippen LogP contribution in [0.2, 0.25) is 0 Å². The first-order chi connectivity index (χ1) is 12.2. The standard InChI is InChI=1S/C18H19N5O2/c24-17(15-12-19-16-7-2-4-11-23(16)18(15)25)22-10-3-1-6-14(22)13-21-9-5-8-20-21/h2,4-5,7-9,11-12,14H,1,3,6,10,13H2/t14-/m1/s1. The van der Waals surface area contributed by atoms with Crippen molar-refractivity contribution in [1.29, 1.82) is 0 Å². The highest BCUT2D eigenvalue weighted by molar-refractivity contribution is 5.94. The molecule has 4 rings (SSSR count). The summed E-state index contributed by atoms with van der Waals surface area (Å²) in [4.78, 5) is 31.8. The van der Waals surface area contributed by atoms with Crippen molar-refractivity contribution < 1.29 is 4.79 Å². The van der Waals surface area contributed by atoms with Crippen LogP contribution >= 0.6 is 0 Å². The normalized spacial score (nSPS) is 17.8. The molecular weight excluding hydrogens is 318 g/mol. The Morgan fingerprint density at radius 2 is 2.12 bits per heavy atom. The zero-order valence-corrected chi connectivity index (χ0v) is 13.8. The van der Waals surface area contributed by atoms with Crippen molar-refractivity contribution in [3.05, 3.63) is 65.0 Å². The fourth-order valence-corrected chi connectivity index (χ4v) is 3.41. The van der Waals surface area contributed by atoms with Gasteiger partial charge >= 0.3 is 0 Å². The highest BCUT2D eigenvalue weighted by atomic mass is 16.2. The van der Waals surface area contributed by atoms with Crippen LogP contribution in [0.1, 0.15) is 29.6 Å². The first-order valence-corrected chi connectivity index (χ1v) is 8.49. The molecule has 0 bridgehead atoms. The smallest absolute Gasteiger partial charge is 0.270 e. The van der Waals surface area contributed by atoms with E-state index in [1.54, 1.807) is 29.4 Å². The number of rotatable bonds is 3. The predicted molar refractivity (Wildman–Crippen MR) is 92.4 cm³/mol. The van der Waals surface area contributed by atoms with Crippen LogP contribution in [0.5, 0.6) is 0 Å². The molecule has 1 fully saturated rings. The fourth-order valence-electron chi connectivity index (χ4n) is 3.41. The summed E-state index contributed by atoms with van der Waals surface area (Å²) in [7, 11) is 0. The van der Waals surface area contributed by atoms with E-state index in [4.69, 9.17) is 0 Å². The van der Waals surface area contributed by atoms with Crippen LogP contribution in [-0.4, -0.2) is 42.6 Å². The van der Waals surface area contributed by atoms with E-state index >= 15 is 0 Å². The van der Waals surface area contributed by atoms with Gasteiger partial charge < -0.3 is 4.90 Å². The quantitative estimate of drug-likeness (QED) is 0.727. The minimum absolute atomic E-state index is 0.0389. The fraction of sp³-hybridized carbons (Fsp3) is 0.333. The second-order valence-corrected chi connectivity index (χ2v) is 6.28. The van der Waals surface area contributed by atoms with Crippen LogP contribution in [0.15, 0.2) is 53.8 Å². The maximum Gasteiger partial charge on any atom is 0.270 e. The number of nitrogens with zero attached hydrogens (tertiary/aromatic N) is 5. The number of carbonyl (C=O) groups excluding carboxylic acids is 1. The third-order valence-corrected chi connectivity index (χ3v) is 4.69. The largest absolute Gasteiger partial charge is 0.334 e. The molecule has 0 saturated carbocycles. The second kappa shape index (κ2) is 6.51. The summed E-state index contributed by atoms with van der Waals surface area (Å²) in [5, 5.41) is 4.24. The van der Waals surface area contributed by atoms with Gasteiger partial charge in [-0.1, -0.05) is 6.07 Å². The maximum atomic E-state index is 13.0. The number of hydrogen-bond acceptors (Lipinski definition) is 4. The molecule has 0 unspecified atom stereocenters. The van der Waals surface area contributed by atoms with Gasteiger partial charge in [-0.15, -0.1) is 0 Å². The van der Waals surface area contributed by atoms with Crippen LogP contribution in [0.3, 0.4) is 0 Å². The maximum absolute atomic E-state index is 13.0. The molecule has 7 nitrogen and oxygen atoms in total. The number of carbonyl (C=O) groups is 1. The number of pyridine rings is 1. The van der Waals surface area contributed by atoms with E-state index in [0.717, 1.165) is 19.3 Å². The van der Waals surface area contributed by atoms with Crippen molar-refractivity contribution in [2.75, 3.05) is 6.54 Å². The third-order valence-electron chi connectivity index (χ3n) is 4.69. The Kier molecular flexibility index (Phi) is 4.05. The number of likely N-dealkylation sites (tertiary alicyclic amines) is 1. The van der Waals surface area contributed by atoms with Crippen LogP contribution in [0.25, 0.3) is 5.65 Å². The van der Waals surface area contributed by atoms with Gasteiger partial charge in [0.05, 0.1) is 12.6 Å². The molecule has 0 N–H and O–H groups in total. The van der Waals surface area contributed by atoms with E-state index in [1.807, 2.05) is 23.0 Å². The molecular formula is C18H19N5O2. The molecule has 1 aliphatic rings. The molecule has 128 valence electrons. The zero-order chi connectivity index (χ0) is 17.2. The van der Waals surface area contributed by atoms with Crippen molar-refractivity contribution >= 4 is 11.6 Å². The molecule has 1 atom stereocenters. The van der Waals surface area contributed by atoms with Gasteiger partial charge in [0.15, 0.2) is 0 Å². The summed E-state index contributed by atoms with van der Waals surface area (Å²) < 4.78 is 3.25. The predicted octanol–water partition coefficient (Wildman–Crippen LogP) is 1.59. The Labute approximate surface area is 144 Å². The zero-order valence-electron chi connectivity index (χ0n) is 13.8. The van der Waals surface area contributed by atoms with Crippen LogP contribution < -0.4 is 5.56 Å². The summed E-state index contributed by atoms with van der Waals surface area (Å²) in [5.41, 5.74) is 0.339. The molecule has 4 heterocycles. The number of piperidine rings is 1. The molecule has 0 radical (unpaired) electrons. The van der Waals surface area contributed by atoms with Crippen LogP contribution in [0.4, 0.5) is 0 Å². The Bertz CT molecular complexity index is 948. The highest BCUT2D eigenvalue weighted by Crippen LogP contribution is 2.20. The molecule has 3 aromatic rings. The summed E-state index contributed by atoms with van der Waals surface area (Å²) in [6.07, 6.45) is 9.60. The minimum Gasteiger partial charge on any atom is -0.334 e. The van der Waals surface area contributed by atoms with Crippen molar-refractivity contribution in [1.82, 2.24) is 24.1 Å². The molecule has 0 spiro atoms. The van der Waals surface area contributed by atoms with Gasteiger partial charge in [0, 0.05) is 31.3 Å².